The summed E-state index contributed by atoms with van der Waals surface area (Å²) in [6.07, 6.45) is 16.6. The van der Waals surface area contributed by atoms with E-state index in [0.29, 0.717) is 49.2 Å². The normalized spacial score (nSPS) is 22.9. The number of carbonyl (C=O) groups excluding carboxylic acids is 1. The number of aromatic nitrogens is 2. The van der Waals surface area contributed by atoms with Crippen LogP contribution in [-0.4, -0.2) is 66.0 Å². The molecule has 6 aliphatic rings. The number of nitrogens with zero attached hydrogens (tertiary/aromatic N) is 3. The quantitative estimate of drug-likeness (QED) is 0.219. The van der Waals surface area contributed by atoms with E-state index in [9.17, 15) is 4.79 Å². The number of ether oxygens (including phenoxy) is 2. The van der Waals surface area contributed by atoms with E-state index >= 15 is 0 Å². The molecule has 3 saturated heterocycles. The lowest BCUT2D eigenvalue weighted by molar-refractivity contribution is -0.183. The van der Waals surface area contributed by atoms with E-state index in [1.165, 1.54) is 57.6 Å². The molecule has 1 amide bonds. The van der Waals surface area contributed by atoms with Gasteiger partial charge in [0.2, 0.25) is 5.91 Å². The molecule has 3 aliphatic heterocycles. The Morgan fingerprint density at radius 1 is 0.672 bits per heavy atom. The zero-order valence-electron chi connectivity index (χ0n) is 34.3. The van der Waals surface area contributed by atoms with Gasteiger partial charge in [-0.15, -0.1) is 0 Å². The lowest BCUT2D eigenvalue weighted by atomic mass is 9.76. The first-order chi connectivity index (χ1) is 29.5. The lowest BCUT2D eigenvalue weighted by Gasteiger charge is -2.39. The van der Waals surface area contributed by atoms with Crippen LogP contribution in [0.2, 0.25) is 10.0 Å². The van der Waals surface area contributed by atoms with Gasteiger partial charge < -0.3 is 19.7 Å². The Bertz CT molecular complexity index is 2250. The van der Waals surface area contributed by atoms with E-state index in [0.717, 1.165) is 118 Å². The van der Waals surface area contributed by atoms with Crippen LogP contribution in [-0.2, 0) is 40.0 Å². The summed E-state index contributed by atoms with van der Waals surface area (Å²) in [5.74, 6) is 1.98. The summed E-state index contributed by atoms with van der Waals surface area (Å²) < 4.78 is 16.0. The Labute approximate surface area is 403 Å². The Morgan fingerprint density at radius 2 is 1.15 bits per heavy atom. The summed E-state index contributed by atoms with van der Waals surface area (Å²) >= 11 is 27.7. The van der Waals surface area contributed by atoms with Crippen LogP contribution in [0, 0.1) is 17.8 Å². The molecule has 3 aliphatic carbocycles. The molecule has 1 saturated carbocycles. The number of halogens is 6. The van der Waals surface area contributed by atoms with Crippen molar-refractivity contribution in [2.75, 3.05) is 39.4 Å². The first kappa shape index (κ1) is 44.8. The van der Waals surface area contributed by atoms with Crippen molar-refractivity contribution in [3.05, 3.63) is 121 Å². The SMILES string of the molecule is Clc1cc(Br)c2c(c1)CCc1cc(Br)cnc1[C@@H]2C1CCNCC1.O=C(CC1CCC2(CC1)OCCO2)N1CCC([C@H]2c3ncc(Br)cc3CCc3cc(Cl)cc(Br)c32)CC1. The number of amides is 1. The van der Waals surface area contributed by atoms with Gasteiger partial charge in [0, 0.05) is 84.5 Å². The van der Waals surface area contributed by atoms with Crippen molar-refractivity contribution in [2.45, 2.75) is 101 Å². The van der Waals surface area contributed by atoms with Gasteiger partial charge in [0.15, 0.2) is 5.79 Å². The summed E-state index contributed by atoms with van der Waals surface area (Å²) in [4.78, 5) is 25.2. The summed E-state index contributed by atoms with van der Waals surface area (Å²) in [6.45, 7) is 5.21. The van der Waals surface area contributed by atoms with E-state index in [-0.39, 0.29) is 11.7 Å². The number of carbonyl (C=O) groups is 1. The second-order valence-corrected chi connectivity index (χ2v) is 22.2. The first-order valence-corrected chi connectivity index (χ1v) is 26.0. The van der Waals surface area contributed by atoms with Gasteiger partial charge in [-0.2, -0.15) is 0 Å². The average Bonchev–Trinajstić information content (AvgIpc) is 3.56. The second-order valence-electron chi connectivity index (χ2n) is 17.8. The molecule has 61 heavy (non-hydrogen) atoms. The number of rotatable bonds is 4. The zero-order chi connectivity index (χ0) is 42.3. The second kappa shape index (κ2) is 19.6. The fraction of sp³-hybridized carbons (Fsp3) is 0.521. The Hall–Kier alpha value is -1.41. The highest BCUT2D eigenvalue weighted by molar-refractivity contribution is 9.11. The molecular weight excluding hydrogens is 1070 g/mol. The molecule has 324 valence electrons. The van der Waals surface area contributed by atoms with Crippen LogP contribution >= 0.6 is 86.9 Å². The van der Waals surface area contributed by atoms with Crippen molar-refractivity contribution >= 4 is 92.8 Å². The van der Waals surface area contributed by atoms with Crippen LogP contribution in [0.4, 0.5) is 0 Å². The molecule has 2 atom stereocenters. The van der Waals surface area contributed by atoms with Crippen LogP contribution in [0.3, 0.4) is 0 Å². The minimum atomic E-state index is -0.356. The van der Waals surface area contributed by atoms with E-state index in [1.54, 1.807) is 0 Å². The number of fused-ring (bicyclic) bond motifs is 4. The third kappa shape index (κ3) is 9.91. The number of hydrogen-bond donors (Lipinski definition) is 1. The zero-order valence-corrected chi connectivity index (χ0v) is 42.1. The number of likely N-dealkylation sites (tertiary alicyclic amines) is 1. The minimum absolute atomic E-state index is 0.199. The van der Waals surface area contributed by atoms with Gasteiger partial charge in [-0.25, -0.2) is 0 Å². The van der Waals surface area contributed by atoms with Crippen molar-refractivity contribution in [3.63, 3.8) is 0 Å². The maximum Gasteiger partial charge on any atom is 0.222 e. The van der Waals surface area contributed by atoms with Crippen LogP contribution < -0.4 is 5.32 Å². The Balaban J connectivity index is 0.000000171. The number of nitrogens with one attached hydrogen (secondary N) is 1. The third-order valence-corrected chi connectivity index (χ3v) is 16.8. The monoisotopic (exact) mass is 1120 g/mol. The highest BCUT2D eigenvalue weighted by Crippen LogP contribution is 2.48. The lowest BCUT2D eigenvalue weighted by Crippen LogP contribution is -2.42. The fourth-order valence-electron chi connectivity index (χ4n) is 11.2. The Morgan fingerprint density at radius 3 is 1.66 bits per heavy atom. The highest BCUT2D eigenvalue weighted by Gasteiger charge is 2.42. The summed E-state index contributed by atoms with van der Waals surface area (Å²) in [6, 6.07) is 12.8. The van der Waals surface area contributed by atoms with Crippen molar-refractivity contribution < 1.29 is 14.3 Å². The predicted molar refractivity (Wildman–Crippen MR) is 257 cm³/mol. The molecule has 0 radical (unpaired) electrons. The first-order valence-electron chi connectivity index (χ1n) is 22.0. The standard InChI is InChI=1S/C29H33Br2ClN2O3.C19H19Br2ClN2/c30-22-14-21-2-1-20-15-23(32)16-24(31)26(20)27(28(21)33-17-22)19-5-9-34(10-6-19)25(35)13-18-3-7-29(8-4-18)36-11-12-37-29;20-14-7-13-2-1-12-8-15(22)9-16(21)17(12)18(19(13)24-10-14)11-3-5-23-6-4-11/h14-19,27H,1-13H2;7-11,18,23H,1-6H2/t27-;18-/m11/s1. The molecule has 10 rings (SSSR count). The molecule has 1 N–H and O–H groups in total. The maximum absolute atomic E-state index is 13.3. The molecule has 4 aromatic rings. The summed E-state index contributed by atoms with van der Waals surface area (Å²) in [5.41, 5.74) is 10.5. The third-order valence-electron chi connectivity index (χ3n) is 14.2. The number of aryl methyl sites for hydroxylation is 4. The van der Waals surface area contributed by atoms with Gasteiger partial charge in [-0.3, -0.25) is 14.8 Å². The van der Waals surface area contributed by atoms with Crippen molar-refractivity contribution in [1.82, 2.24) is 20.2 Å². The molecule has 0 bridgehead atoms. The highest BCUT2D eigenvalue weighted by atomic mass is 79.9. The van der Waals surface area contributed by atoms with Gasteiger partial charge in [0.05, 0.1) is 24.6 Å². The fourth-order valence-corrected chi connectivity index (χ4v) is 14.2. The van der Waals surface area contributed by atoms with Gasteiger partial charge in [0.1, 0.15) is 0 Å². The number of hydrogen-bond acceptors (Lipinski definition) is 6. The molecule has 13 heteroatoms. The number of piperidine rings is 2. The maximum atomic E-state index is 13.3. The summed E-state index contributed by atoms with van der Waals surface area (Å²) in [5, 5.41) is 5.07. The molecule has 0 unspecified atom stereocenters. The van der Waals surface area contributed by atoms with Gasteiger partial charge in [-0.05, 0) is 197 Å². The number of pyridine rings is 2. The Kier molecular flexibility index (Phi) is 14.4. The number of benzene rings is 2. The molecule has 5 heterocycles. The van der Waals surface area contributed by atoms with Crippen LogP contribution in [0.1, 0.15) is 114 Å². The van der Waals surface area contributed by atoms with Crippen molar-refractivity contribution in [3.8, 4) is 0 Å². The minimum Gasteiger partial charge on any atom is -0.348 e. The van der Waals surface area contributed by atoms with Crippen LogP contribution in [0.5, 0.6) is 0 Å². The molecule has 2 aromatic heterocycles. The van der Waals surface area contributed by atoms with E-state index in [4.69, 9.17) is 42.6 Å². The van der Waals surface area contributed by atoms with Crippen LogP contribution in [0.15, 0.2) is 66.7 Å². The topological polar surface area (TPSA) is 76.6 Å². The van der Waals surface area contributed by atoms with Gasteiger partial charge in [0.25, 0.3) is 0 Å². The largest absolute Gasteiger partial charge is 0.348 e. The summed E-state index contributed by atoms with van der Waals surface area (Å²) in [7, 11) is 0. The van der Waals surface area contributed by atoms with Gasteiger partial charge >= 0.3 is 0 Å². The van der Waals surface area contributed by atoms with Crippen LogP contribution in [0.25, 0.3) is 0 Å². The molecular formula is C48H52Br4Cl2N4O3. The molecule has 7 nitrogen and oxygen atoms in total. The van der Waals surface area contributed by atoms with E-state index in [1.807, 2.05) is 24.5 Å². The van der Waals surface area contributed by atoms with E-state index < -0.39 is 0 Å². The smallest absolute Gasteiger partial charge is 0.222 e. The molecule has 4 fully saturated rings. The van der Waals surface area contributed by atoms with E-state index in [2.05, 4.69) is 98.2 Å². The van der Waals surface area contributed by atoms with Crippen molar-refractivity contribution in [2.24, 2.45) is 17.8 Å². The molecule has 2 aromatic carbocycles. The van der Waals surface area contributed by atoms with Crippen molar-refractivity contribution in [1.29, 1.82) is 0 Å². The molecule has 1 spiro atoms. The predicted octanol–water partition coefficient (Wildman–Crippen LogP) is 12.5. The van der Waals surface area contributed by atoms with Gasteiger partial charge in [-0.1, -0.05) is 55.1 Å². The average molecular weight is 1120 g/mol.